The van der Waals surface area contributed by atoms with Crippen LogP contribution in [0.15, 0.2) is 18.2 Å². The molecule has 2 amide bonds. The van der Waals surface area contributed by atoms with Crippen molar-refractivity contribution >= 4 is 17.7 Å². The first-order valence-corrected chi connectivity index (χ1v) is 5.45. The minimum Gasteiger partial charge on any atom is -0.482 e. The van der Waals surface area contributed by atoms with Crippen molar-refractivity contribution in [2.75, 3.05) is 26.1 Å². The quantitative estimate of drug-likeness (QED) is 0.856. The van der Waals surface area contributed by atoms with Gasteiger partial charge < -0.3 is 19.7 Å². The fourth-order valence-electron chi connectivity index (χ4n) is 1.72. The van der Waals surface area contributed by atoms with Gasteiger partial charge in [-0.15, -0.1) is 0 Å². The molecule has 1 N–H and O–H groups in total. The highest BCUT2D eigenvalue weighted by atomic mass is 16.5. The van der Waals surface area contributed by atoms with E-state index in [9.17, 15) is 9.59 Å². The molecule has 1 heterocycles. The van der Waals surface area contributed by atoms with E-state index in [1.54, 1.807) is 19.2 Å². The van der Waals surface area contributed by atoms with Gasteiger partial charge in [-0.2, -0.15) is 0 Å². The van der Waals surface area contributed by atoms with Crippen molar-refractivity contribution < 1.29 is 19.1 Å². The predicted octanol–water partition coefficient (Wildman–Crippen LogP) is 1.22. The number of hydrogen-bond acceptors (Lipinski definition) is 4. The standard InChI is InChI=1S/C12H14N2O4/c1-14(12(16)17-2)6-8-3-4-10-9(5-8)13-11(15)7-18-10/h3-5H,6-7H2,1-2H3,(H,13,15). The van der Waals surface area contributed by atoms with E-state index in [2.05, 4.69) is 10.1 Å². The molecule has 0 aromatic heterocycles. The van der Waals surface area contributed by atoms with Gasteiger partial charge in [0.2, 0.25) is 0 Å². The van der Waals surface area contributed by atoms with Gasteiger partial charge in [-0.05, 0) is 17.7 Å². The van der Waals surface area contributed by atoms with Crippen molar-refractivity contribution in [1.82, 2.24) is 4.90 Å². The SMILES string of the molecule is COC(=O)N(C)Cc1ccc2c(c1)NC(=O)CO2. The highest BCUT2D eigenvalue weighted by Crippen LogP contribution is 2.28. The number of fused-ring (bicyclic) bond motifs is 1. The van der Waals surface area contributed by atoms with Crippen LogP contribution in [-0.2, 0) is 16.1 Å². The van der Waals surface area contributed by atoms with Crippen LogP contribution in [0.25, 0.3) is 0 Å². The minimum atomic E-state index is -0.409. The lowest BCUT2D eigenvalue weighted by atomic mass is 10.1. The normalized spacial score (nSPS) is 13.1. The lowest BCUT2D eigenvalue weighted by Gasteiger charge is -2.20. The smallest absolute Gasteiger partial charge is 0.409 e. The molecule has 96 valence electrons. The summed E-state index contributed by atoms with van der Waals surface area (Å²) in [5, 5.41) is 2.72. The molecule has 0 spiro atoms. The number of carbonyl (C=O) groups excluding carboxylic acids is 2. The highest BCUT2D eigenvalue weighted by molar-refractivity contribution is 5.95. The number of rotatable bonds is 2. The topological polar surface area (TPSA) is 67.9 Å². The fraction of sp³-hybridized carbons (Fsp3) is 0.333. The second-order valence-corrected chi connectivity index (χ2v) is 3.99. The number of nitrogens with one attached hydrogen (secondary N) is 1. The molecular weight excluding hydrogens is 236 g/mol. The van der Waals surface area contributed by atoms with Gasteiger partial charge in [-0.1, -0.05) is 6.07 Å². The van der Waals surface area contributed by atoms with Gasteiger partial charge in [-0.25, -0.2) is 4.79 Å². The van der Waals surface area contributed by atoms with Gasteiger partial charge in [0, 0.05) is 13.6 Å². The molecule has 6 heteroatoms. The van der Waals surface area contributed by atoms with Crippen LogP contribution < -0.4 is 10.1 Å². The molecule has 0 aliphatic carbocycles. The average molecular weight is 250 g/mol. The largest absolute Gasteiger partial charge is 0.482 e. The Morgan fingerprint density at radius 3 is 3.06 bits per heavy atom. The molecule has 1 aliphatic rings. The molecule has 0 unspecified atom stereocenters. The van der Waals surface area contributed by atoms with Crippen LogP contribution in [-0.4, -0.2) is 37.7 Å². The van der Waals surface area contributed by atoms with E-state index < -0.39 is 6.09 Å². The molecule has 0 atom stereocenters. The number of ether oxygens (including phenoxy) is 2. The molecule has 0 saturated heterocycles. The first kappa shape index (κ1) is 12.2. The molecule has 0 fully saturated rings. The van der Waals surface area contributed by atoms with Crippen LogP contribution in [0.1, 0.15) is 5.56 Å². The summed E-state index contributed by atoms with van der Waals surface area (Å²) in [6.07, 6.45) is -0.409. The first-order valence-electron chi connectivity index (χ1n) is 5.45. The maximum atomic E-state index is 11.3. The zero-order chi connectivity index (χ0) is 13.1. The van der Waals surface area contributed by atoms with Crippen molar-refractivity contribution in [3.8, 4) is 5.75 Å². The van der Waals surface area contributed by atoms with Gasteiger partial charge >= 0.3 is 6.09 Å². The maximum Gasteiger partial charge on any atom is 0.409 e. The van der Waals surface area contributed by atoms with Gasteiger partial charge in [0.15, 0.2) is 6.61 Å². The van der Waals surface area contributed by atoms with Crippen molar-refractivity contribution in [3.05, 3.63) is 23.8 Å². The third-order valence-electron chi connectivity index (χ3n) is 2.58. The summed E-state index contributed by atoms with van der Waals surface area (Å²) in [6.45, 7) is 0.435. The second-order valence-electron chi connectivity index (χ2n) is 3.99. The molecule has 18 heavy (non-hydrogen) atoms. The Morgan fingerprint density at radius 1 is 1.56 bits per heavy atom. The predicted molar refractivity (Wildman–Crippen MR) is 64.4 cm³/mol. The monoisotopic (exact) mass is 250 g/mol. The molecule has 1 aromatic rings. The van der Waals surface area contributed by atoms with Gasteiger partial charge in [0.05, 0.1) is 12.8 Å². The van der Waals surface area contributed by atoms with E-state index in [1.807, 2.05) is 6.07 Å². The lowest BCUT2D eigenvalue weighted by Crippen LogP contribution is -2.27. The Hall–Kier alpha value is -2.24. The van der Waals surface area contributed by atoms with Gasteiger partial charge in [0.25, 0.3) is 5.91 Å². The molecule has 6 nitrogen and oxygen atoms in total. The fourth-order valence-corrected chi connectivity index (χ4v) is 1.72. The summed E-state index contributed by atoms with van der Waals surface area (Å²) < 4.78 is 9.85. The summed E-state index contributed by atoms with van der Waals surface area (Å²) in [6, 6.07) is 5.40. The molecule has 0 bridgehead atoms. The van der Waals surface area contributed by atoms with Crippen molar-refractivity contribution in [3.63, 3.8) is 0 Å². The Kier molecular flexibility index (Phi) is 3.36. The number of benzene rings is 1. The van der Waals surface area contributed by atoms with E-state index >= 15 is 0 Å². The number of hydrogen-bond donors (Lipinski definition) is 1. The molecule has 1 aliphatic heterocycles. The summed E-state index contributed by atoms with van der Waals surface area (Å²) in [5.74, 6) is 0.458. The second kappa shape index (κ2) is 4.95. The van der Waals surface area contributed by atoms with Crippen LogP contribution in [0.4, 0.5) is 10.5 Å². The number of methoxy groups -OCH3 is 1. The van der Waals surface area contributed by atoms with Crippen LogP contribution in [0.5, 0.6) is 5.75 Å². The summed E-state index contributed by atoms with van der Waals surface area (Å²) in [7, 11) is 2.97. The Labute approximate surface area is 104 Å². The van der Waals surface area contributed by atoms with Crippen molar-refractivity contribution in [2.24, 2.45) is 0 Å². The zero-order valence-electron chi connectivity index (χ0n) is 10.2. The summed E-state index contributed by atoms with van der Waals surface area (Å²) >= 11 is 0. The van der Waals surface area contributed by atoms with Crippen molar-refractivity contribution in [1.29, 1.82) is 0 Å². The van der Waals surface area contributed by atoms with E-state index in [1.165, 1.54) is 12.0 Å². The van der Waals surface area contributed by atoms with E-state index in [4.69, 9.17) is 4.74 Å². The van der Waals surface area contributed by atoms with Gasteiger partial charge in [-0.3, -0.25) is 4.79 Å². The van der Waals surface area contributed by atoms with Crippen LogP contribution in [0.3, 0.4) is 0 Å². The molecule has 0 saturated carbocycles. The van der Waals surface area contributed by atoms with Crippen LogP contribution in [0.2, 0.25) is 0 Å². The van der Waals surface area contributed by atoms with E-state index in [0.717, 1.165) is 5.56 Å². The molecule has 0 radical (unpaired) electrons. The first-order chi connectivity index (χ1) is 8.60. The van der Waals surface area contributed by atoms with Crippen LogP contribution >= 0.6 is 0 Å². The Morgan fingerprint density at radius 2 is 2.33 bits per heavy atom. The minimum absolute atomic E-state index is 0.0361. The number of carbonyl (C=O) groups is 2. The molecule has 2 rings (SSSR count). The van der Waals surface area contributed by atoms with E-state index in [0.29, 0.717) is 18.0 Å². The Bertz CT molecular complexity index is 487. The number of anilines is 1. The van der Waals surface area contributed by atoms with Crippen LogP contribution in [0, 0.1) is 0 Å². The average Bonchev–Trinajstić information content (AvgIpc) is 2.37. The zero-order valence-corrected chi connectivity index (χ0v) is 10.2. The Balaban J connectivity index is 2.13. The number of amides is 2. The molecule has 1 aromatic carbocycles. The summed E-state index contributed by atoms with van der Waals surface area (Å²) in [4.78, 5) is 23.9. The maximum absolute atomic E-state index is 11.3. The van der Waals surface area contributed by atoms with Crippen molar-refractivity contribution in [2.45, 2.75) is 6.54 Å². The van der Waals surface area contributed by atoms with E-state index in [-0.39, 0.29) is 12.5 Å². The number of nitrogens with zero attached hydrogens (tertiary/aromatic N) is 1. The highest BCUT2D eigenvalue weighted by Gasteiger charge is 2.17. The lowest BCUT2D eigenvalue weighted by molar-refractivity contribution is -0.118. The molecular formula is C12H14N2O4. The third-order valence-corrected chi connectivity index (χ3v) is 2.58. The van der Waals surface area contributed by atoms with Gasteiger partial charge in [0.1, 0.15) is 5.75 Å². The third kappa shape index (κ3) is 2.53. The summed E-state index contributed by atoms with van der Waals surface area (Å²) in [5.41, 5.74) is 1.51.